The third-order valence-corrected chi connectivity index (χ3v) is 5.17. The first kappa shape index (κ1) is 23.2. The van der Waals surface area contributed by atoms with E-state index in [0.29, 0.717) is 25.6 Å². The minimum absolute atomic E-state index is 0.449. The highest BCUT2D eigenvalue weighted by atomic mass is 16.5. The Kier molecular flexibility index (Phi) is 7.67. The Morgan fingerprint density at radius 2 is 1.97 bits per heavy atom. The monoisotopic (exact) mass is 460 g/mol. The first-order chi connectivity index (χ1) is 16.7. The van der Waals surface area contributed by atoms with E-state index in [1.165, 1.54) is 0 Å². The van der Waals surface area contributed by atoms with Crippen molar-refractivity contribution in [2.24, 2.45) is 0 Å². The van der Waals surface area contributed by atoms with Crippen molar-refractivity contribution in [2.75, 3.05) is 32.2 Å². The van der Waals surface area contributed by atoms with Crippen LogP contribution in [0.1, 0.15) is 18.2 Å². The Bertz CT molecular complexity index is 1270. The summed E-state index contributed by atoms with van der Waals surface area (Å²) in [7, 11) is 1.65. The van der Waals surface area contributed by atoms with Crippen LogP contribution in [-0.2, 0) is 11.3 Å². The first-order valence-corrected chi connectivity index (χ1v) is 11.1. The fourth-order valence-electron chi connectivity index (χ4n) is 3.44. The predicted molar refractivity (Wildman–Crippen MR) is 132 cm³/mol. The molecule has 0 saturated heterocycles. The molecule has 0 radical (unpaired) electrons. The molecule has 0 atom stereocenters. The summed E-state index contributed by atoms with van der Waals surface area (Å²) in [5.41, 5.74) is 3.70. The minimum atomic E-state index is 0.449. The number of fused-ring (bicyclic) bond motifs is 1. The number of hydrogen-bond acceptors (Lipinski definition) is 8. The number of anilines is 2. The number of aromatic nitrogens is 5. The second-order valence-electron chi connectivity index (χ2n) is 7.54. The summed E-state index contributed by atoms with van der Waals surface area (Å²) in [6.45, 7) is 6.27. The number of ether oxygens (including phenoxy) is 3. The van der Waals surface area contributed by atoms with Gasteiger partial charge in [0.15, 0.2) is 0 Å². The summed E-state index contributed by atoms with van der Waals surface area (Å²) in [5.74, 6) is 2.27. The number of benzene rings is 2. The summed E-state index contributed by atoms with van der Waals surface area (Å²) >= 11 is 0. The van der Waals surface area contributed by atoms with Gasteiger partial charge in [0.25, 0.3) is 0 Å². The maximum absolute atomic E-state index is 5.93. The maximum atomic E-state index is 5.93. The van der Waals surface area contributed by atoms with E-state index in [2.05, 4.69) is 25.6 Å². The third kappa shape index (κ3) is 5.68. The van der Waals surface area contributed by atoms with Gasteiger partial charge in [0, 0.05) is 24.7 Å². The van der Waals surface area contributed by atoms with E-state index in [1.807, 2.05) is 67.1 Å². The fourth-order valence-corrected chi connectivity index (χ4v) is 3.44. The van der Waals surface area contributed by atoms with Crippen molar-refractivity contribution in [1.29, 1.82) is 0 Å². The van der Waals surface area contributed by atoms with Gasteiger partial charge in [0.05, 0.1) is 24.0 Å². The molecular formula is C25H28N6O3. The van der Waals surface area contributed by atoms with E-state index in [-0.39, 0.29) is 0 Å². The average Bonchev–Trinajstić information content (AvgIpc) is 3.31. The molecule has 9 nitrogen and oxygen atoms in total. The van der Waals surface area contributed by atoms with Crippen LogP contribution >= 0.6 is 0 Å². The number of aryl methyl sites for hydroxylation is 2. The maximum Gasteiger partial charge on any atom is 0.141 e. The zero-order valence-corrected chi connectivity index (χ0v) is 19.6. The Hall–Kier alpha value is -3.98. The van der Waals surface area contributed by atoms with Gasteiger partial charge >= 0.3 is 0 Å². The molecule has 2 aromatic heterocycles. The SMILES string of the molecule is CCn1nncc1/C=C\COc1ccc(Nc2ncnc3ccc(OCCOC)cc23)cc1C. The largest absolute Gasteiger partial charge is 0.491 e. The van der Waals surface area contributed by atoms with Gasteiger partial charge in [0.1, 0.15) is 36.9 Å². The highest BCUT2D eigenvalue weighted by molar-refractivity contribution is 5.91. The Morgan fingerprint density at radius 1 is 1.06 bits per heavy atom. The van der Waals surface area contributed by atoms with E-state index < -0.39 is 0 Å². The Morgan fingerprint density at radius 3 is 2.79 bits per heavy atom. The topological polar surface area (TPSA) is 96.2 Å². The van der Waals surface area contributed by atoms with Gasteiger partial charge in [-0.25, -0.2) is 14.6 Å². The van der Waals surface area contributed by atoms with Crippen LogP contribution in [0.5, 0.6) is 11.5 Å². The molecule has 4 rings (SSSR count). The number of methoxy groups -OCH3 is 1. The van der Waals surface area contributed by atoms with Gasteiger partial charge in [-0.05, 0) is 68.0 Å². The number of nitrogens with zero attached hydrogens (tertiary/aromatic N) is 5. The highest BCUT2D eigenvalue weighted by Gasteiger charge is 2.08. The van der Waals surface area contributed by atoms with Gasteiger partial charge in [-0.3, -0.25) is 0 Å². The molecule has 9 heteroatoms. The van der Waals surface area contributed by atoms with Crippen LogP contribution in [0.4, 0.5) is 11.5 Å². The number of hydrogen-bond donors (Lipinski definition) is 1. The summed E-state index contributed by atoms with van der Waals surface area (Å²) in [6.07, 6.45) is 7.20. The molecule has 0 unspecified atom stereocenters. The summed E-state index contributed by atoms with van der Waals surface area (Å²) in [4.78, 5) is 8.79. The molecule has 0 amide bonds. The number of rotatable bonds is 11. The van der Waals surface area contributed by atoms with Crippen molar-refractivity contribution in [3.05, 3.63) is 66.3 Å². The van der Waals surface area contributed by atoms with Crippen molar-refractivity contribution < 1.29 is 14.2 Å². The highest BCUT2D eigenvalue weighted by Crippen LogP contribution is 2.29. The standard InChI is InChI=1S/C25H28N6O3/c1-4-31-20(16-28-30-31)6-5-11-34-24-10-7-19(14-18(24)2)29-25-22-15-21(33-13-12-32-3)8-9-23(22)26-17-27-25/h5-10,14-17H,4,11-13H2,1-3H3,(H,26,27,29)/b6-5-. The zero-order valence-electron chi connectivity index (χ0n) is 19.6. The molecule has 0 saturated carbocycles. The lowest BCUT2D eigenvalue weighted by atomic mass is 10.2. The van der Waals surface area contributed by atoms with E-state index in [9.17, 15) is 0 Å². The van der Waals surface area contributed by atoms with Crippen molar-refractivity contribution in [1.82, 2.24) is 25.0 Å². The van der Waals surface area contributed by atoms with Crippen LogP contribution < -0.4 is 14.8 Å². The normalized spacial score (nSPS) is 11.3. The molecular weight excluding hydrogens is 432 g/mol. The minimum Gasteiger partial charge on any atom is -0.491 e. The summed E-state index contributed by atoms with van der Waals surface area (Å²) in [6, 6.07) is 11.7. The Balaban J connectivity index is 1.43. The van der Waals surface area contributed by atoms with E-state index >= 15 is 0 Å². The van der Waals surface area contributed by atoms with Crippen LogP contribution in [0.15, 0.2) is 55.0 Å². The quantitative estimate of drug-likeness (QED) is 0.329. The van der Waals surface area contributed by atoms with Gasteiger partial charge in [-0.1, -0.05) is 5.21 Å². The molecule has 2 aromatic carbocycles. The molecule has 34 heavy (non-hydrogen) atoms. The van der Waals surface area contributed by atoms with Crippen molar-refractivity contribution in [2.45, 2.75) is 20.4 Å². The van der Waals surface area contributed by atoms with Gasteiger partial charge in [-0.2, -0.15) is 0 Å². The number of nitrogens with one attached hydrogen (secondary N) is 1. The van der Waals surface area contributed by atoms with Gasteiger partial charge < -0.3 is 19.5 Å². The Labute approximate surface area is 198 Å². The molecule has 4 aromatic rings. The van der Waals surface area contributed by atoms with Crippen molar-refractivity contribution in [3.8, 4) is 11.5 Å². The van der Waals surface area contributed by atoms with E-state index in [1.54, 1.807) is 19.6 Å². The first-order valence-electron chi connectivity index (χ1n) is 11.1. The smallest absolute Gasteiger partial charge is 0.141 e. The molecule has 0 bridgehead atoms. The van der Waals surface area contributed by atoms with Crippen molar-refractivity contribution >= 4 is 28.5 Å². The lowest BCUT2D eigenvalue weighted by Crippen LogP contribution is -2.04. The predicted octanol–water partition coefficient (Wildman–Crippen LogP) is 4.41. The zero-order chi connectivity index (χ0) is 23.8. The molecule has 0 spiro atoms. The van der Waals surface area contributed by atoms with Crippen LogP contribution in [0.2, 0.25) is 0 Å². The molecule has 0 aliphatic carbocycles. The van der Waals surface area contributed by atoms with Gasteiger partial charge in [-0.15, -0.1) is 5.10 Å². The third-order valence-electron chi connectivity index (χ3n) is 5.17. The van der Waals surface area contributed by atoms with Crippen LogP contribution in [0.25, 0.3) is 17.0 Å². The van der Waals surface area contributed by atoms with Crippen molar-refractivity contribution in [3.63, 3.8) is 0 Å². The molecule has 1 N–H and O–H groups in total. The van der Waals surface area contributed by atoms with Crippen LogP contribution in [0, 0.1) is 6.92 Å². The lowest BCUT2D eigenvalue weighted by molar-refractivity contribution is 0.146. The van der Waals surface area contributed by atoms with E-state index in [0.717, 1.165) is 45.9 Å². The van der Waals surface area contributed by atoms with Crippen LogP contribution in [-0.4, -0.2) is 51.9 Å². The summed E-state index contributed by atoms with van der Waals surface area (Å²) in [5, 5.41) is 12.2. The van der Waals surface area contributed by atoms with Crippen LogP contribution in [0.3, 0.4) is 0 Å². The molecule has 0 fully saturated rings. The average molecular weight is 461 g/mol. The molecule has 0 aliphatic heterocycles. The second kappa shape index (κ2) is 11.2. The molecule has 0 aliphatic rings. The summed E-state index contributed by atoms with van der Waals surface area (Å²) < 4.78 is 18.5. The molecule has 2 heterocycles. The van der Waals surface area contributed by atoms with Gasteiger partial charge in [0.2, 0.25) is 0 Å². The lowest BCUT2D eigenvalue weighted by Gasteiger charge is -2.13. The molecule has 176 valence electrons. The fraction of sp³-hybridized carbons (Fsp3) is 0.280. The van der Waals surface area contributed by atoms with E-state index in [4.69, 9.17) is 14.2 Å². The second-order valence-corrected chi connectivity index (χ2v) is 7.54.